The molecule has 0 aliphatic carbocycles. The number of morpholine rings is 1. The summed E-state index contributed by atoms with van der Waals surface area (Å²) in [7, 11) is 0. The Hall–Kier alpha value is -3.79. The summed E-state index contributed by atoms with van der Waals surface area (Å²) >= 11 is 0. The predicted octanol–water partition coefficient (Wildman–Crippen LogP) is 4.77. The van der Waals surface area contributed by atoms with E-state index >= 15 is 0 Å². The Bertz CT molecular complexity index is 1540. The van der Waals surface area contributed by atoms with Crippen molar-refractivity contribution in [1.29, 1.82) is 0 Å². The monoisotopic (exact) mass is 506 g/mol. The van der Waals surface area contributed by atoms with Crippen LogP contribution in [0.2, 0.25) is 0 Å². The van der Waals surface area contributed by atoms with Gasteiger partial charge in [-0.3, -0.25) is 4.79 Å². The standard InChI is InChI=1S/C27H28F2N6O2/c1-15-7-21(28)22(32-26(36)20-11-31-35(24(20)29)27(2,3)4)10-19(15)16-8-23(25-30-5-6-33(25)12-16)34-13-18-9-17(34)14-37-18/h5-8,10-12,17-18H,9,13-14H2,1-4H3,(H,32,36)/t17-,18-/m0/s1. The molecule has 0 unspecified atom stereocenters. The molecular formula is C27H28F2N6O2. The number of pyridine rings is 1. The van der Waals surface area contributed by atoms with Crippen LogP contribution in [0.25, 0.3) is 16.8 Å². The van der Waals surface area contributed by atoms with Crippen molar-refractivity contribution in [3.8, 4) is 11.1 Å². The highest BCUT2D eigenvalue weighted by molar-refractivity contribution is 6.04. The van der Waals surface area contributed by atoms with E-state index < -0.39 is 23.2 Å². The number of imidazole rings is 1. The summed E-state index contributed by atoms with van der Waals surface area (Å²) in [6, 6.07) is 5.33. The second-order valence-electron chi connectivity index (χ2n) is 10.8. The molecule has 1 aromatic carbocycles. The predicted molar refractivity (Wildman–Crippen MR) is 136 cm³/mol. The van der Waals surface area contributed by atoms with Gasteiger partial charge in [-0.1, -0.05) is 0 Å². The molecule has 5 heterocycles. The number of hydrogen-bond acceptors (Lipinski definition) is 5. The fourth-order valence-corrected chi connectivity index (χ4v) is 5.29. The summed E-state index contributed by atoms with van der Waals surface area (Å²) in [6.07, 6.45) is 7.95. The fourth-order valence-electron chi connectivity index (χ4n) is 5.29. The minimum absolute atomic E-state index is 0.0329. The first-order valence-corrected chi connectivity index (χ1v) is 12.3. The van der Waals surface area contributed by atoms with E-state index in [1.165, 1.54) is 6.07 Å². The molecule has 0 saturated carbocycles. The van der Waals surface area contributed by atoms with Crippen LogP contribution in [0.3, 0.4) is 0 Å². The van der Waals surface area contributed by atoms with Gasteiger partial charge >= 0.3 is 0 Å². The maximum Gasteiger partial charge on any atom is 0.262 e. The van der Waals surface area contributed by atoms with Crippen LogP contribution in [0.5, 0.6) is 0 Å². The summed E-state index contributed by atoms with van der Waals surface area (Å²) in [5.41, 5.74) is 3.22. The van der Waals surface area contributed by atoms with Crippen molar-refractivity contribution in [1.82, 2.24) is 19.2 Å². The molecule has 10 heteroatoms. The Balaban J connectivity index is 1.37. The van der Waals surface area contributed by atoms with E-state index in [1.807, 2.05) is 23.7 Å². The number of anilines is 2. The number of nitrogens with one attached hydrogen (secondary N) is 1. The second kappa shape index (κ2) is 8.37. The first kappa shape index (κ1) is 23.6. The topological polar surface area (TPSA) is 76.7 Å². The third-order valence-electron chi connectivity index (χ3n) is 7.14. The normalized spacial score (nSPS) is 19.2. The summed E-state index contributed by atoms with van der Waals surface area (Å²) in [5, 5.41) is 6.54. The molecule has 3 aromatic heterocycles. The van der Waals surface area contributed by atoms with Crippen molar-refractivity contribution in [3.63, 3.8) is 0 Å². The summed E-state index contributed by atoms with van der Waals surface area (Å²) in [4.78, 5) is 19.8. The lowest BCUT2D eigenvalue weighted by Gasteiger charge is -2.29. The Kier molecular flexibility index (Phi) is 5.34. The van der Waals surface area contributed by atoms with Crippen LogP contribution < -0.4 is 10.2 Å². The fraction of sp³-hybridized carbons (Fsp3) is 0.370. The minimum Gasteiger partial charge on any atom is -0.374 e. The quantitative estimate of drug-likeness (QED) is 0.432. The average Bonchev–Trinajstić information content (AvgIpc) is 3.63. The molecule has 192 valence electrons. The summed E-state index contributed by atoms with van der Waals surface area (Å²) < 4.78 is 38.7. The van der Waals surface area contributed by atoms with Crippen molar-refractivity contribution in [2.45, 2.75) is 51.8 Å². The molecule has 37 heavy (non-hydrogen) atoms. The molecule has 1 amide bonds. The van der Waals surface area contributed by atoms with Crippen molar-refractivity contribution >= 4 is 22.9 Å². The molecule has 2 atom stereocenters. The van der Waals surface area contributed by atoms with Gasteiger partial charge in [0.2, 0.25) is 5.95 Å². The molecule has 6 rings (SSSR count). The smallest absolute Gasteiger partial charge is 0.262 e. The van der Waals surface area contributed by atoms with Gasteiger partial charge in [-0.2, -0.15) is 9.49 Å². The van der Waals surface area contributed by atoms with Gasteiger partial charge in [0.1, 0.15) is 11.4 Å². The number of benzene rings is 1. The summed E-state index contributed by atoms with van der Waals surface area (Å²) in [5.74, 6) is -2.13. The lowest BCUT2D eigenvalue weighted by atomic mass is 10.00. The van der Waals surface area contributed by atoms with Crippen molar-refractivity contribution in [2.24, 2.45) is 0 Å². The number of aromatic nitrogens is 4. The van der Waals surface area contributed by atoms with Crippen LogP contribution in [0, 0.1) is 18.7 Å². The van der Waals surface area contributed by atoms with Gasteiger partial charge in [0.05, 0.1) is 41.9 Å². The molecule has 2 aliphatic rings. The molecule has 2 saturated heterocycles. The van der Waals surface area contributed by atoms with E-state index in [-0.39, 0.29) is 17.4 Å². The van der Waals surface area contributed by atoms with Crippen molar-refractivity contribution < 1.29 is 18.3 Å². The highest BCUT2D eigenvalue weighted by atomic mass is 19.1. The minimum atomic E-state index is -0.767. The number of carbonyl (C=O) groups excluding carboxylic acids is 1. The van der Waals surface area contributed by atoms with E-state index in [2.05, 4.69) is 26.4 Å². The van der Waals surface area contributed by atoms with Crippen LogP contribution in [-0.2, 0) is 10.3 Å². The molecule has 4 aromatic rings. The zero-order valence-corrected chi connectivity index (χ0v) is 21.1. The Morgan fingerprint density at radius 2 is 2.03 bits per heavy atom. The number of aryl methyl sites for hydroxylation is 1. The number of hydrogen-bond donors (Lipinski definition) is 1. The molecule has 0 spiro atoms. The molecule has 1 N–H and O–H groups in total. The third kappa shape index (κ3) is 3.96. The van der Waals surface area contributed by atoms with Crippen LogP contribution >= 0.6 is 0 Å². The number of fused-ring (bicyclic) bond motifs is 3. The zero-order valence-electron chi connectivity index (χ0n) is 21.1. The molecular weight excluding hydrogens is 478 g/mol. The molecule has 2 fully saturated rings. The number of halogens is 2. The Labute approximate surface area is 212 Å². The van der Waals surface area contributed by atoms with Gasteiger partial charge in [-0.05, 0) is 63.4 Å². The molecule has 2 bridgehead atoms. The van der Waals surface area contributed by atoms with E-state index in [0.29, 0.717) is 18.2 Å². The average molecular weight is 507 g/mol. The van der Waals surface area contributed by atoms with Gasteiger partial charge < -0.3 is 19.4 Å². The summed E-state index contributed by atoms with van der Waals surface area (Å²) in [6.45, 7) is 8.65. The molecule has 0 radical (unpaired) electrons. The lowest BCUT2D eigenvalue weighted by molar-refractivity contribution is 0.0991. The van der Waals surface area contributed by atoms with Gasteiger partial charge in [0, 0.05) is 30.7 Å². The SMILES string of the molecule is Cc1cc(F)c(NC(=O)c2cnn(C(C)(C)C)c2F)cc1-c1cc(N2C[C@@H]3C[C@H]2CO3)c2nccn2c1. The number of carbonyl (C=O) groups is 1. The maximum atomic E-state index is 15.0. The second-order valence-corrected chi connectivity index (χ2v) is 10.8. The number of nitrogens with zero attached hydrogens (tertiary/aromatic N) is 5. The maximum absolute atomic E-state index is 15.0. The van der Waals surface area contributed by atoms with E-state index in [4.69, 9.17) is 4.74 Å². The van der Waals surface area contributed by atoms with Crippen LogP contribution in [-0.4, -0.2) is 50.4 Å². The molecule has 2 aliphatic heterocycles. The highest BCUT2D eigenvalue weighted by Crippen LogP contribution is 2.38. The van der Waals surface area contributed by atoms with Gasteiger partial charge in [-0.25, -0.2) is 14.1 Å². The van der Waals surface area contributed by atoms with E-state index in [9.17, 15) is 13.6 Å². The number of rotatable bonds is 4. The van der Waals surface area contributed by atoms with E-state index in [0.717, 1.165) is 46.3 Å². The van der Waals surface area contributed by atoms with Crippen LogP contribution in [0.1, 0.15) is 43.1 Å². The third-order valence-corrected chi connectivity index (χ3v) is 7.14. The first-order valence-electron chi connectivity index (χ1n) is 12.3. The highest BCUT2D eigenvalue weighted by Gasteiger charge is 2.40. The van der Waals surface area contributed by atoms with Gasteiger partial charge in [-0.15, -0.1) is 0 Å². The van der Waals surface area contributed by atoms with Crippen molar-refractivity contribution in [3.05, 3.63) is 65.9 Å². The van der Waals surface area contributed by atoms with Crippen LogP contribution in [0.15, 0.2) is 43.0 Å². The molecule has 8 nitrogen and oxygen atoms in total. The van der Waals surface area contributed by atoms with Gasteiger partial charge in [0.15, 0.2) is 5.65 Å². The zero-order chi connectivity index (χ0) is 26.1. The van der Waals surface area contributed by atoms with Gasteiger partial charge in [0.25, 0.3) is 5.91 Å². The largest absolute Gasteiger partial charge is 0.374 e. The first-order chi connectivity index (χ1) is 17.6. The lowest BCUT2D eigenvalue weighted by Crippen LogP contribution is -2.37. The van der Waals surface area contributed by atoms with E-state index in [1.54, 1.807) is 33.0 Å². The number of amides is 1. The Morgan fingerprint density at radius 3 is 2.70 bits per heavy atom. The van der Waals surface area contributed by atoms with Crippen LogP contribution in [0.4, 0.5) is 20.2 Å². The van der Waals surface area contributed by atoms with Crippen molar-refractivity contribution in [2.75, 3.05) is 23.4 Å². The Morgan fingerprint density at radius 1 is 1.22 bits per heavy atom. The number of ether oxygens (including phenoxy) is 1.